The van der Waals surface area contributed by atoms with Gasteiger partial charge in [-0.3, -0.25) is 9.59 Å². The molecule has 20 heavy (non-hydrogen) atoms. The molecule has 0 spiro atoms. The van der Waals surface area contributed by atoms with Crippen LogP contribution in [0.15, 0.2) is 36.7 Å². The zero-order valence-electron chi connectivity index (χ0n) is 10.1. The van der Waals surface area contributed by atoms with Crippen LogP contribution in [-0.2, 0) is 4.79 Å². The molecule has 3 N–H and O–H groups in total. The van der Waals surface area contributed by atoms with E-state index >= 15 is 0 Å². The molecule has 0 bridgehead atoms. The predicted octanol–water partition coefficient (Wildman–Crippen LogP) is 1.60. The molecular formula is C12H10Cl2N4O2. The Morgan fingerprint density at radius 2 is 1.90 bits per heavy atom. The van der Waals surface area contributed by atoms with Crippen molar-refractivity contribution in [1.82, 2.24) is 15.1 Å². The van der Waals surface area contributed by atoms with Crippen molar-refractivity contribution in [3.63, 3.8) is 0 Å². The lowest BCUT2D eigenvalue weighted by molar-refractivity contribution is -0.122. The number of halogens is 2. The maximum Gasteiger partial charge on any atom is 0.262 e. The molecule has 1 aromatic heterocycles. The van der Waals surface area contributed by atoms with Gasteiger partial charge in [0, 0.05) is 12.4 Å². The summed E-state index contributed by atoms with van der Waals surface area (Å²) in [6.07, 6.45) is 1.85. The second-order valence-electron chi connectivity index (χ2n) is 3.86. The minimum absolute atomic E-state index is 0.0780. The van der Waals surface area contributed by atoms with Crippen molar-refractivity contribution in [2.75, 3.05) is 0 Å². The molecule has 0 radical (unpaired) electrons. The van der Waals surface area contributed by atoms with E-state index in [9.17, 15) is 9.59 Å². The molecule has 104 valence electrons. The van der Waals surface area contributed by atoms with E-state index in [1.165, 1.54) is 29.2 Å². The van der Waals surface area contributed by atoms with E-state index in [2.05, 4.69) is 10.4 Å². The van der Waals surface area contributed by atoms with Gasteiger partial charge in [-0.2, -0.15) is 5.10 Å². The summed E-state index contributed by atoms with van der Waals surface area (Å²) in [6.45, 7) is 0. The number of primary amides is 1. The number of nitrogens with zero attached hydrogens (tertiary/aromatic N) is 2. The number of hydrogen-bond donors (Lipinski definition) is 2. The lowest BCUT2D eigenvalue weighted by atomic mass is 10.2. The monoisotopic (exact) mass is 312 g/mol. The van der Waals surface area contributed by atoms with Crippen LogP contribution < -0.4 is 11.1 Å². The van der Waals surface area contributed by atoms with Gasteiger partial charge in [-0.1, -0.05) is 29.3 Å². The molecule has 1 atom stereocenters. The number of hydrogen-bond acceptors (Lipinski definition) is 3. The molecule has 0 aliphatic heterocycles. The van der Waals surface area contributed by atoms with E-state index < -0.39 is 18.0 Å². The van der Waals surface area contributed by atoms with Crippen LogP contribution >= 0.6 is 23.2 Å². The first kappa shape index (κ1) is 14.4. The summed E-state index contributed by atoms with van der Waals surface area (Å²) in [5.74, 6) is -1.37. The second-order valence-corrected chi connectivity index (χ2v) is 4.68. The standard InChI is InChI=1S/C12H10Cl2N4O2/c13-7-3-1-4-8(14)9(7)12(20)17-11(10(15)19)18-6-2-5-16-18/h1-6,11H,(H2,15,19)(H,17,20). The van der Waals surface area contributed by atoms with Crippen LogP contribution in [0.4, 0.5) is 0 Å². The van der Waals surface area contributed by atoms with Crippen molar-refractivity contribution in [2.24, 2.45) is 5.73 Å². The molecule has 1 heterocycles. The van der Waals surface area contributed by atoms with Crippen molar-refractivity contribution in [3.8, 4) is 0 Å². The maximum absolute atomic E-state index is 12.2. The fraction of sp³-hybridized carbons (Fsp3) is 0.0833. The Kier molecular flexibility index (Phi) is 4.26. The summed E-state index contributed by atoms with van der Waals surface area (Å²) >= 11 is 11.9. The average Bonchev–Trinajstić information content (AvgIpc) is 2.88. The van der Waals surface area contributed by atoms with Gasteiger partial charge in [0.05, 0.1) is 15.6 Å². The Hall–Kier alpha value is -2.05. The van der Waals surface area contributed by atoms with E-state index in [-0.39, 0.29) is 15.6 Å². The van der Waals surface area contributed by atoms with E-state index in [1.807, 2.05) is 0 Å². The van der Waals surface area contributed by atoms with Gasteiger partial charge in [-0.15, -0.1) is 0 Å². The zero-order valence-corrected chi connectivity index (χ0v) is 11.6. The summed E-state index contributed by atoms with van der Waals surface area (Å²) in [4.78, 5) is 23.6. The maximum atomic E-state index is 12.2. The number of carbonyl (C=O) groups is 2. The highest BCUT2D eigenvalue weighted by molar-refractivity contribution is 6.39. The van der Waals surface area contributed by atoms with Crippen molar-refractivity contribution < 1.29 is 9.59 Å². The molecule has 2 rings (SSSR count). The lowest BCUT2D eigenvalue weighted by Gasteiger charge is -2.16. The molecule has 1 unspecified atom stereocenters. The highest BCUT2D eigenvalue weighted by Gasteiger charge is 2.23. The summed E-state index contributed by atoms with van der Waals surface area (Å²) < 4.78 is 1.23. The zero-order chi connectivity index (χ0) is 14.7. The molecule has 0 aliphatic carbocycles. The van der Waals surface area contributed by atoms with E-state index in [0.29, 0.717) is 0 Å². The number of aromatic nitrogens is 2. The lowest BCUT2D eigenvalue weighted by Crippen LogP contribution is -2.41. The van der Waals surface area contributed by atoms with Gasteiger partial charge in [0.2, 0.25) is 6.17 Å². The van der Waals surface area contributed by atoms with Crippen LogP contribution in [0.3, 0.4) is 0 Å². The SMILES string of the molecule is NC(=O)C(NC(=O)c1c(Cl)cccc1Cl)n1cccn1. The third-order valence-electron chi connectivity index (χ3n) is 2.52. The summed E-state index contributed by atoms with van der Waals surface area (Å²) in [7, 11) is 0. The van der Waals surface area contributed by atoms with Crippen LogP contribution in [0.2, 0.25) is 10.0 Å². The third kappa shape index (κ3) is 2.92. The number of benzene rings is 1. The van der Waals surface area contributed by atoms with Crippen molar-refractivity contribution in [2.45, 2.75) is 6.17 Å². The minimum Gasteiger partial charge on any atom is -0.366 e. The van der Waals surface area contributed by atoms with Crippen molar-refractivity contribution >= 4 is 35.0 Å². The van der Waals surface area contributed by atoms with Gasteiger partial charge in [-0.25, -0.2) is 4.68 Å². The number of amides is 2. The van der Waals surface area contributed by atoms with Crippen molar-refractivity contribution in [3.05, 3.63) is 52.3 Å². The van der Waals surface area contributed by atoms with Gasteiger partial charge in [0.15, 0.2) is 0 Å². The van der Waals surface area contributed by atoms with Gasteiger partial charge in [0.25, 0.3) is 11.8 Å². The van der Waals surface area contributed by atoms with Crippen LogP contribution in [-0.4, -0.2) is 21.6 Å². The number of nitrogens with one attached hydrogen (secondary N) is 1. The largest absolute Gasteiger partial charge is 0.366 e. The van der Waals surface area contributed by atoms with E-state index in [4.69, 9.17) is 28.9 Å². The Labute approximate surface area is 124 Å². The van der Waals surface area contributed by atoms with Crippen LogP contribution in [0.25, 0.3) is 0 Å². The first-order valence-corrected chi connectivity index (χ1v) is 6.29. The molecule has 1 aromatic carbocycles. The molecular weight excluding hydrogens is 303 g/mol. The Balaban J connectivity index is 2.28. The quantitative estimate of drug-likeness (QED) is 0.898. The molecule has 2 amide bonds. The minimum atomic E-state index is -1.12. The molecule has 2 aromatic rings. The summed E-state index contributed by atoms with van der Waals surface area (Å²) in [6, 6.07) is 6.26. The van der Waals surface area contributed by atoms with Crippen molar-refractivity contribution in [1.29, 1.82) is 0 Å². The first-order chi connectivity index (χ1) is 9.50. The molecule has 0 saturated heterocycles. The Morgan fingerprint density at radius 3 is 2.40 bits per heavy atom. The normalized spacial score (nSPS) is 11.9. The Morgan fingerprint density at radius 1 is 1.25 bits per heavy atom. The van der Waals surface area contributed by atoms with E-state index in [0.717, 1.165) is 0 Å². The van der Waals surface area contributed by atoms with Gasteiger partial charge in [0.1, 0.15) is 0 Å². The first-order valence-electron chi connectivity index (χ1n) is 5.54. The highest BCUT2D eigenvalue weighted by atomic mass is 35.5. The molecule has 8 heteroatoms. The number of carbonyl (C=O) groups excluding carboxylic acids is 2. The molecule has 0 saturated carbocycles. The van der Waals surface area contributed by atoms with Gasteiger partial charge < -0.3 is 11.1 Å². The summed E-state index contributed by atoms with van der Waals surface area (Å²) in [5, 5.41) is 6.66. The predicted molar refractivity (Wildman–Crippen MR) is 74.4 cm³/mol. The van der Waals surface area contributed by atoms with Crippen LogP contribution in [0.1, 0.15) is 16.5 Å². The second kappa shape index (κ2) is 5.94. The molecule has 6 nitrogen and oxygen atoms in total. The summed E-state index contributed by atoms with van der Waals surface area (Å²) in [5.41, 5.74) is 5.33. The number of nitrogens with two attached hydrogens (primary N) is 1. The van der Waals surface area contributed by atoms with Gasteiger partial charge in [-0.05, 0) is 18.2 Å². The van der Waals surface area contributed by atoms with Gasteiger partial charge >= 0.3 is 0 Å². The smallest absolute Gasteiger partial charge is 0.262 e. The average molecular weight is 313 g/mol. The van der Waals surface area contributed by atoms with E-state index in [1.54, 1.807) is 12.1 Å². The highest BCUT2D eigenvalue weighted by Crippen LogP contribution is 2.24. The number of rotatable bonds is 4. The topological polar surface area (TPSA) is 90.0 Å². The third-order valence-corrected chi connectivity index (χ3v) is 3.15. The van der Waals surface area contributed by atoms with Crippen LogP contribution in [0.5, 0.6) is 0 Å². The van der Waals surface area contributed by atoms with Crippen LogP contribution in [0, 0.1) is 0 Å². The Bertz CT molecular complexity index is 623. The fourth-order valence-corrected chi connectivity index (χ4v) is 2.18. The molecule has 0 fully saturated rings. The molecule has 0 aliphatic rings. The fourth-order valence-electron chi connectivity index (χ4n) is 1.61.